The average molecular weight is 439 g/mol. The number of aryl methyl sites for hydroxylation is 1. The van der Waals surface area contributed by atoms with Gasteiger partial charge in [0.25, 0.3) is 5.91 Å². The number of imide groups is 2. The molecule has 0 radical (unpaired) electrons. The molecule has 4 aliphatic carbocycles. The highest BCUT2D eigenvalue weighted by atomic mass is 16.2. The number of benzene rings is 1. The molecule has 170 valence electrons. The van der Waals surface area contributed by atoms with Gasteiger partial charge in [0.05, 0.1) is 0 Å². The highest BCUT2D eigenvalue weighted by Crippen LogP contribution is 2.55. The van der Waals surface area contributed by atoms with Crippen molar-refractivity contribution in [2.45, 2.75) is 63.5 Å². The molecule has 1 atom stereocenters. The van der Waals surface area contributed by atoms with E-state index in [0.29, 0.717) is 23.3 Å². The van der Waals surface area contributed by atoms with Crippen LogP contribution in [0, 0.1) is 24.7 Å². The van der Waals surface area contributed by atoms with Gasteiger partial charge in [-0.15, -0.1) is 0 Å². The summed E-state index contributed by atoms with van der Waals surface area (Å²) in [6.45, 7) is 3.06. The highest BCUT2D eigenvalue weighted by molar-refractivity contribution is 6.10. The van der Waals surface area contributed by atoms with Crippen molar-refractivity contribution in [2.24, 2.45) is 17.8 Å². The summed E-state index contributed by atoms with van der Waals surface area (Å²) in [7, 11) is 0. The van der Waals surface area contributed by atoms with Gasteiger partial charge in [0.15, 0.2) is 0 Å². The van der Waals surface area contributed by atoms with E-state index in [-0.39, 0.29) is 5.54 Å². The van der Waals surface area contributed by atoms with Crippen molar-refractivity contribution in [1.29, 1.82) is 0 Å². The fraction of sp³-hybridized carbons (Fsp3) is 0.583. The quantitative estimate of drug-likeness (QED) is 0.628. The maximum absolute atomic E-state index is 13.0. The van der Waals surface area contributed by atoms with Crippen molar-refractivity contribution in [3.8, 4) is 0 Å². The standard InChI is InChI=1S/C24H30N4O4/c1-14-3-5-18(6-4-14)23(2)20(30)28(22(32)27-23)13-19(29)25-21(31)26-24-10-15-7-16(11-24)9-17(8-15)12-24/h3-6,15-17H,7-13H2,1-2H3,(H,27,32)(H2,25,26,29,31). The molecule has 4 saturated carbocycles. The number of rotatable bonds is 4. The van der Waals surface area contributed by atoms with Crippen LogP contribution < -0.4 is 16.0 Å². The van der Waals surface area contributed by atoms with E-state index in [4.69, 9.17) is 0 Å². The molecule has 5 fully saturated rings. The van der Waals surface area contributed by atoms with Gasteiger partial charge in [-0.1, -0.05) is 29.8 Å². The Kier molecular flexibility index (Phi) is 4.80. The van der Waals surface area contributed by atoms with Gasteiger partial charge in [0.1, 0.15) is 12.1 Å². The molecule has 1 aromatic rings. The van der Waals surface area contributed by atoms with Gasteiger partial charge >= 0.3 is 12.1 Å². The van der Waals surface area contributed by atoms with Gasteiger partial charge in [-0.25, -0.2) is 9.59 Å². The predicted molar refractivity (Wildman–Crippen MR) is 116 cm³/mol. The molecule has 0 aromatic heterocycles. The number of urea groups is 2. The second-order valence-electron chi connectivity index (χ2n) is 10.5. The first-order valence-electron chi connectivity index (χ1n) is 11.5. The Morgan fingerprint density at radius 3 is 2.16 bits per heavy atom. The molecule has 8 nitrogen and oxygen atoms in total. The maximum Gasteiger partial charge on any atom is 0.325 e. The Morgan fingerprint density at radius 1 is 1.03 bits per heavy atom. The zero-order valence-corrected chi connectivity index (χ0v) is 18.6. The van der Waals surface area contributed by atoms with E-state index in [1.165, 1.54) is 19.3 Å². The molecule has 5 aliphatic rings. The molecule has 6 rings (SSSR count). The van der Waals surface area contributed by atoms with Gasteiger partial charge in [-0.05, 0) is 75.7 Å². The van der Waals surface area contributed by atoms with Crippen molar-refractivity contribution >= 4 is 23.9 Å². The number of nitrogens with one attached hydrogen (secondary N) is 3. The van der Waals surface area contributed by atoms with Crippen LogP contribution in [0.5, 0.6) is 0 Å². The van der Waals surface area contributed by atoms with E-state index >= 15 is 0 Å². The lowest BCUT2D eigenvalue weighted by molar-refractivity contribution is -0.134. The van der Waals surface area contributed by atoms with Gasteiger partial charge in [0.2, 0.25) is 5.91 Å². The third-order valence-corrected chi connectivity index (χ3v) is 7.88. The topological polar surface area (TPSA) is 108 Å². The summed E-state index contributed by atoms with van der Waals surface area (Å²) in [5.41, 5.74) is 0.218. The Bertz CT molecular complexity index is 953. The van der Waals surface area contributed by atoms with E-state index < -0.39 is 36.0 Å². The molecule has 32 heavy (non-hydrogen) atoms. The summed E-state index contributed by atoms with van der Waals surface area (Å²) in [6.07, 6.45) is 6.70. The van der Waals surface area contributed by atoms with E-state index in [0.717, 1.165) is 29.7 Å². The molecule has 4 bridgehead atoms. The molecule has 1 aliphatic heterocycles. The number of nitrogens with zero attached hydrogens (tertiary/aromatic N) is 1. The van der Waals surface area contributed by atoms with E-state index in [9.17, 15) is 19.2 Å². The van der Waals surface area contributed by atoms with Crippen molar-refractivity contribution < 1.29 is 19.2 Å². The van der Waals surface area contributed by atoms with Crippen LogP contribution in [0.1, 0.15) is 56.6 Å². The molecule has 3 N–H and O–H groups in total. The SMILES string of the molecule is Cc1ccc(C2(C)NC(=O)N(CC(=O)NC(=O)NC34CC5CC(CC(C5)C3)C4)C2=O)cc1. The smallest absolute Gasteiger partial charge is 0.325 e. The molecule has 0 spiro atoms. The van der Waals surface area contributed by atoms with Crippen LogP contribution in [-0.2, 0) is 15.1 Å². The number of hydrogen-bond donors (Lipinski definition) is 3. The number of hydrogen-bond acceptors (Lipinski definition) is 4. The summed E-state index contributed by atoms with van der Waals surface area (Å²) in [6, 6.07) is 6.13. The highest BCUT2D eigenvalue weighted by Gasteiger charge is 2.52. The van der Waals surface area contributed by atoms with Gasteiger partial charge in [-0.3, -0.25) is 19.8 Å². The van der Waals surface area contributed by atoms with Gasteiger partial charge < -0.3 is 10.6 Å². The Balaban J connectivity index is 1.20. The van der Waals surface area contributed by atoms with Crippen molar-refractivity contribution in [1.82, 2.24) is 20.9 Å². The van der Waals surface area contributed by atoms with Gasteiger partial charge in [0, 0.05) is 5.54 Å². The minimum atomic E-state index is -1.24. The molecule has 6 amide bonds. The summed E-state index contributed by atoms with van der Waals surface area (Å²) < 4.78 is 0. The average Bonchev–Trinajstić information content (AvgIpc) is 2.90. The van der Waals surface area contributed by atoms with Crippen LogP contribution in [0.15, 0.2) is 24.3 Å². The molecular weight excluding hydrogens is 408 g/mol. The largest absolute Gasteiger partial charge is 0.332 e. The summed E-state index contributed by atoms with van der Waals surface area (Å²) in [5, 5.41) is 8.09. The van der Waals surface area contributed by atoms with Crippen LogP contribution >= 0.6 is 0 Å². The molecular formula is C24H30N4O4. The lowest BCUT2D eigenvalue weighted by Gasteiger charge is -2.56. The number of amides is 6. The summed E-state index contributed by atoms with van der Waals surface area (Å²) >= 11 is 0. The summed E-state index contributed by atoms with van der Waals surface area (Å²) in [4.78, 5) is 51.5. The molecule has 1 unspecified atom stereocenters. The van der Waals surface area contributed by atoms with E-state index in [1.807, 2.05) is 19.1 Å². The second-order valence-corrected chi connectivity index (χ2v) is 10.5. The first-order valence-corrected chi connectivity index (χ1v) is 11.5. The van der Waals surface area contributed by atoms with Crippen molar-refractivity contribution in [2.75, 3.05) is 6.54 Å². The van der Waals surface area contributed by atoms with Gasteiger partial charge in [-0.2, -0.15) is 0 Å². The van der Waals surface area contributed by atoms with Crippen LogP contribution in [0.25, 0.3) is 0 Å². The van der Waals surface area contributed by atoms with Crippen LogP contribution in [0.2, 0.25) is 0 Å². The minimum Gasteiger partial charge on any atom is -0.332 e. The second kappa shape index (κ2) is 7.32. The fourth-order valence-electron chi connectivity index (χ4n) is 6.77. The minimum absolute atomic E-state index is 0.218. The summed E-state index contributed by atoms with van der Waals surface area (Å²) in [5.74, 6) is 0.819. The third-order valence-electron chi connectivity index (χ3n) is 7.88. The zero-order valence-electron chi connectivity index (χ0n) is 18.6. The number of carbonyl (C=O) groups excluding carboxylic acids is 4. The first kappa shape index (κ1) is 21.0. The maximum atomic E-state index is 13.0. The van der Waals surface area contributed by atoms with Crippen molar-refractivity contribution in [3.05, 3.63) is 35.4 Å². The molecule has 1 saturated heterocycles. The lowest BCUT2D eigenvalue weighted by Crippen LogP contribution is -2.62. The van der Waals surface area contributed by atoms with Crippen LogP contribution in [0.3, 0.4) is 0 Å². The Hall–Kier alpha value is -2.90. The Labute approximate surface area is 187 Å². The lowest BCUT2D eigenvalue weighted by atomic mass is 9.53. The third kappa shape index (κ3) is 3.55. The number of carbonyl (C=O) groups is 4. The Morgan fingerprint density at radius 2 is 1.59 bits per heavy atom. The molecule has 8 heteroatoms. The monoisotopic (exact) mass is 438 g/mol. The normalized spacial score (nSPS) is 35.1. The predicted octanol–water partition coefficient (Wildman–Crippen LogP) is 2.56. The zero-order chi connectivity index (χ0) is 22.7. The van der Waals surface area contributed by atoms with Crippen molar-refractivity contribution in [3.63, 3.8) is 0 Å². The van der Waals surface area contributed by atoms with E-state index in [2.05, 4.69) is 16.0 Å². The van der Waals surface area contributed by atoms with Crippen LogP contribution in [0.4, 0.5) is 9.59 Å². The first-order chi connectivity index (χ1) is 15.2. The molecule has 1 aromatic carbocycles. The van der Waals surface area contributed by atoms with Crippen LogP contribution in [-0.4, -0.2) is 40.9 Å². The van der Waals surface area contributed by atoms with E-state index in [1.54, 1.807) is 19.1 Å². The fourth-order valence-corrected chi connectivity index (χ4v) is 6.77. The molecule has 1 heterocycles.